The third kappa shape index (κ3) is 3.85. The van der Waals surface area contributed by atoms with Crippen molar-refractivity contribution in [2.24, 2.45) is 0 Å². The van der Waals surface area contributed by atoms with Crippen molar-refractivity contribution in [3.63, 3.8) is 0 Å². The first-order valence-electron chi connectivity index (χ1n) is 8.57. The Kier molecular flexibility index (Phi) is 5.27. The highest BCUT2D eigenvalue weighted by Crippen LogP contribution is 2.36. The number of thiazole rings is 1. The van der Waals surface area contributed by atoms with Gasteiger partial charge in [0, 0.05) is 25.4 Å². The van der Waals surface area contributed by atoms with Gasteiger partial charge in [0.25, 0.3) is 5.91 Å². The summed E-state index contributed by atoms with van der Waals surface area (Å²) in [5.74, 6) is -0.304. The van der Waals surface area contributed by atoms with Gasteiger partial charge in [-0.2, -0.15) is 0 Å². The van der Waals surface area contributed by atoms with E-state index in [9.17, 15) is 9.59 Å². The predicted molar refractivity (Wildman–Crippen MR) is 118 cm³/mol. The van der Waals surface area contributed by atoms with Crippen LogP contribution in [0.1, 0.15) is 22.2 Å². The van der Waals surface area contributed by atoms with E-state index < -0.39 is 0 Å². The van der Waals surface area contributed by atoms with Crippen LogP contribution in [0.5, 0.6) is 0 Å². The fourth-order valence-corrected chi connectivity index (χ4v) is 4.87. The molecule has 0 fully saturated rings. The molecule has 0 spiro atoms. The summed E-state index contributed by atoms with van der Waals surface area (Å²) in [6.07, 6.45) is 0. The number of hydrogen-bond acceptors (Lipinski definition) is 5. The van der Waals surface area contributed by atoms with Crippen LogP contribution in [-0.2, 0) is 4.79 Å². The highest BCUT2D eigenvalue weighted by atomic mass is 79.9. The SMILES string of the molecule is Cc1sc(NC(=O)c2ccc3c(c2)NC(=O)C(C)S3)nc1-c1ccc(Br)cc1. The van der Waals surface area contributed by atoms with Crippen LogP contribution in [0.25, 0.3) is 11.3 Å². The Morgan fingerprint density at radius 1 is 1.21 bits per heavy atom. The van der Waals surface area contributed by atoms with Gasteiger partial charge < -0.3 is 5.32 Å². The Labute approximate surface area is 179 Å². The van der Waals surface area contributed by atoms with Gasteiger partial charge in [0.15, 0.2) is 5.13 Å². The van der Waals surface area contributed by atoms with Gasteiger partial charge >= 0.3 is 0 Å². The number of aryl methyl sites for hydroxylation is 1. The maximum absolute atomic E-state index is 12.7. The molecule has 28 heavy (non-hydrogen) atoms. The van der Waals surface area contributed by atoms with E-state index in [1.165, 1.54) is 23.1 Å². The van der Waals surface area contributed by atoms with E-state index in [1.54, 1.807) is 12.1 Å². The van der Waals surface area contributed by atoms with Crippen LogP contribution < -0.4 is 10.6 Å². The van der Waals surface area contributed by atoms with Gasteiger partial charge in [-0.25, -0.2) is 4.98 Å². The summed E-state index contributed by atoms with van der Waals surface area (Å²) >= 11 is 6.36. The lowest BCUT2D eigenvalue weighted by Crippen LogP contribution is -2.26. The summed E-state index contributed by atoms with van der Waals surface area (Å²) in [5.41, 5.74) is 3.01. The van der Waals surface area contributed by atoms with Crippen molar-refractivity contribution in [1.82, 2.24) is 4.98 Å². The summed E-state index contributed by atoms with van der Waals surface area (Å²) in [6, 6.07) is 13.2. The minimum absolute atomic E-state index is 0.0512. The van der Waals surface area contributed by atoms with E-state index in [0.29, 0.717) is 16.4 Å². The summed E-state index contributed by atoms with van der Waals surface area (Å²) in [5, 5.41) is 6.13. The fourth-order valence-electron chi connectivity index (χ4n) is 2.84. The minimum Gasteiger partial charge on any atom is -0.324 e. The first-order chi connectivity index (χ1) is 13.4. The second-order valence-electron chi connectivity index (χ2n) is 6.35. The highest BCUT2D eigenvalue weighted by molar-refractivity contribution is 9.10. The minimum atomic E-state index is -0.253. The first-order valence-corrected chi connectivity index (χ1v) is 11.1. The highest BCUT2D eigenvalue weighted by Gasteiger charge is 2.24. The third-order valence-corrected chi connectivity index (χ3v) is 6.90. The molecule has 0 radical (unpaired) electrons. The number of carbonyl (C=O) groups is 2. The lowest BCUT2D eigenvalue weighted by molar-refractivity contribution is -0.115. The van der Waals surface area contributed by atoms with Crippen molar-refractivity contribution < 1.29 is 9.59 Å². The van der Waals surface area contributed by atoms with E-state index >= 15 is 0 Å². The Bertz CT molecular complexity index is 1080. The fraction of sp³-hybridized carbons (Fsp3) is 0.150. The Balaban J connectivity index is 1.55. The molecule has 1 aliphatic heterocycles. The van der Waals surface area contributed by atoms with Crippen LogP contribution in [0.4, 0.5) is 10.8 Å². The Hall–Kier alpha value is -2.16. The zero-order valence-corrected chi connectivity index (χ0v) is 18.3. The number of amides is 2. The van der Waals surface area contributed by atoms with Crippen molar-refractivity contribution in [2.75, 3.05) is 10.6 Å². The van der Waals surface area contributed by atoms with Gasteiger partial charge in [0.2, 0.25) is 5.91 Å². The number of fused-ring (bicyclic) bond motifs is 1. The van der Waals surface area contributed by atoms with Crippen LogP contribution in [0, 0.1) is 6.92 Å². The van der Waals surface area contributed by atoms with Crippen molar-refractivity contribution in [3.8, 4) is 11.3 Å². The van der Waals surface area contributed by atoms with Crippen LogP contribution in [0.15, 0.2) is 51.8 Å². The second kappa shape index (κ2) is 7.69. The molecule has 2 heterocycles. The maximum atomic E-state index is 12.7. The van der Waals surface area contributed by atoms with Gasteiger partial charge in [0.05, 0.1) is 16.6 Å². The molecule has 2 N–H and O–H groups in total. The van der Waals surface area contributed by atoms with E-state index in [2.05, 4.69) is 31.5 Å². The number of aromatic nitrogens is 1. The number of carbonyl (C=O) groups excluding carboxylic acids is 2. The first kappa shape index (κ1) is 19.2. The molecule has 4 rings (SSSR count). The van der Waals surface area contributed by atoms with Gasteiger partial charge in [-0.05, 0) is 44.2 Å². The molecule has 1 atom stereocenters. The topological polar surface area (TPSA) is 71.1 Å². The van der Waals surface area contributed by atoms with Gasteiger partial charge in [-0.3, -0.25) is 14.9 Å². The molecule has 3 aromatic rings. The smallest absolute Gasteiger partial charge is 0.257 e. The van der Waals surface area contributed by atoms with Crippen LogP contribution in [0.3, 0.4) is 0 Å². The summed E-state index contributed by atoms with van der Waals surface area (Å²) in [4.78, 5) is 31.1. The summed E-state index contributed by atoms with van der Waals surface area (Å²) in [7, 11) is 0. The maximum Gasteiger partial charge on any atom is 0.257 e. The zero-order valence-electron chi connectivity index (χ0n) is 15.1. The van der Waals surface area contributed by atoms with E-state index in [1.807, 2.05) is 44.2 Å². The van der Waals surface area contributed by atoms with Gasteiger partial charge in [-0.1, -0.05) is 28.1 Å². The van der Waals surface area contributed by atoms with Gasteiger partial charge in [-0.15, -0.1) is 23.1 Å². The van der Waals surface area contributed by atoms with Crippen molar-refractivity contribution >= 4 is 61.7 Å². The molecule has 2 aromatic carbocycles. The normalized spacial score (nSPS) is 15.7. The van der Waals surface area contributed by atoms with E-state index in [0.717, 1.165) is 25.5 Å². The number of hydrogen-bond donors (Lipinski definition) is 2. The average Bonchev–Trinajstić information content (AvgIpc) is 3.03. The molecule has 1 unspecified atom stereocenters. The lowest BCUT2D eigenvalue weighted by atomic mass is 10.1. The molecule has 0 aliphatic carbocycles. The van der Waals surface area contributed by atoms with Crippen LogP contribution >= 0.6 is 39.0 Å². The monoisotopic (exact) mass is 473 g/mol. The third-order valence-electron chi connectivity index (χ3n) is 4.31. The average molecular weight is 474 g/mol. The number of halogens is 1. The second-order valence-corrected chi connectivity index (χ2v) is 9.85. The largest absolute Gasteiger partial charge is 0.324 e. The number of nitrogens with zero attached hydrogens (tertiary/aromatic N) is 1. The molecule has 1 aromatic heterocycles. The number of thioether (sulfide) groups is 1. The van der Waals surface area contributed by atoms with E-state index in [-0.39, 0.29) is 17.1 Å². The summed E-state index contributed by atoms with van der Waals surface area (Å²) in [6.45, 7) is 3.84. The molecule has 5 nitrogen and oxygen atoms in total. The van der Waals surface area contributed by atoms with Gasteiger partial charge in [0.1, 0.15) is 0 Å². The number of nitrogens with one attached hydrogen (secondary N) is 2. The Morgan fingerprint density at radius 2 is 1.96 bits per heavy atom. The zero-order chi connectivity index (χ0) is 19.8. The molecule has 8 heteroatoms. The van der Waals surface area contributed by atoms with Crippen LogP contribution in [-0.4, -0.2) is 22.0 Å². The Morgan fingerprint density at radius 3 is 2.71 bits per heavy atom. The van der Waals surface area contributed by atoms with Crippen molar-refractivity contribution in [1.29, 1.82) is 0 Å². The molecule has 142 valence electrons. The molecule has 2 amide bonds. The van der Waals surface area contributed by atoms with Crippen LogP contribution in [0.2, 0.25) is 0 Å². The molecular formula is C20H16BrN3O2S2. The van der Waals surface area contributed by atoms with Crippen molar-refractivity contribution in [2.45, 2.75) is 24.0 Å². The van der Waals surface area contributed by atoms with E-state index in [4.69, 9.17) is 0 Å². The predicted octanol–water partition coefficient (Wildman–Crippen LogP) is 5.57. The standard InChI is InChI=1S/C20H16BrN3O2S2/c1-10-17(12-3-6-14(21)7-4-12)23-20(28-10)24-19(26)13-5-8-16-15(9-13)22-18(25)11(2)27-16/h3-9,11H,1-2H3,(H,22,25)(H,23,24,26). The summed E-state index contributed by atoms with van der Waals surface area (Å²) < 4.78 is 1.00. The number of benzene rings is 2. The quantitative estimate of drug-likeness (QED) is 0.521. The molecule has 0 saturated heterocycles. The number of rotatable bonds is 3. The lowest BCUT2D eigenvalue weighted by Gasteiger charge is -2.21. The number of anilines is 2. The molecule has 0 bridgehead atoms. The molecule has 1 aliphatic rings. The molecular weight excluding hydrogens is 458 g/mol. The molecule has 0 saturated carbocycles. The van der Waals surface area contributed by atoms with Crippen molar-refractivity contribution in [3.05, 3.63) is 57.4 Å².